The Kier molecular flexibility index (Phi) is 6.57. The van der Waals surface area contributed by atoms with Crippen molar-refractivity contribution in [3.8, 4) is 22.4 Å². The summed E-state index contributed by atoms with van der Waals surface area (Å²) in [6.45, 7) is 9.15. The van der Waals surface area contributed by atoms with Crippen molar-refractivity contribution in [3.63, 3.8) is 0 Å². The predicted molar refractivity (Wildman–Crippen MR) is 172 cm³/mol. The predicted octanol–water partition coefficient (Wildman–Crippen LogP) is 10.2. The summed E-state index contributed by atoms with van der Waals surface area (Å²) in [5.41, 5.74) is 14.8. The lowest BCUT2D eigenvalue weighted by atomic mass is 9.80. The van der Waals surface area contributed by atoms with Gasteiger partial charge in [0.05, 0.1) is 5.56 Å². The van der Waals surface area contributed by atoms with Crippen LogP contribution in [0.3, 0.4) is 0 Å². The number of furan rings is 1. The van der Waals surface area contributed by atoms with Crippen LogP contribution in [0.25, 0.3) is 44.3 Å². The van der Waals surface area contributed by atoms with Gasteiger partial charge in [-0.1, -0.05) is 82.5 Å². The van der Waals surface area contributed by atoms with E-state index in [1.54, 1.807) is 16.7 Å². The van der Waals surface area contributed by atoms with Crippen LogP contribution in [0.5, 0.6) is 0 Å². The monoisotopic (exact) mass is 542 g/mol. The molecule has 2 aliphatic rings. The minimum Gasteiger partial charge on any atom is -0.454 e. The molecule has 0 atom stereocenters. The molecule has 0 aliphatic heterocycles. The maximum Gasteiger partial charge on any atom is 0.216 e. The number of hydrogen-bond donors (Lipinski definition) is 0. The highest BCUT2D eigenvalue weighted by Gasteiger charge is 2.27. The van der Waals surface area contributed by atoms with Gasteiger partial charge in [0.1, 0.15) is 18.2 Å². The first-order chi connectivity index (χ1) is 19.8. The molecule has 0 bridgehead atoms. The quantitative estimate of drug-likeness (QED) is 0.206. The van der Waals surface area contributed by atoms with Crippen LogP contribution in [0.2, 0.25) is 0 Å². The molecule has 0 saturated heterocycles. The standard InChI is InChI=1S/C39H44NO/c1-25-17-18-34-33-16-10-15-32(31-20-19-28(27-11-7-6-8-12-27)29-13-9-14-30(29)31)37(33)41-38(34)36(25)35-23-26(21-22-40(35)5)24-39(2,3)4/h10,15-23,27H,6-9,11-14,24H2,1-5H3/q+1. The summed E-state index contributed by atoms with van der Waals surface area (Å²) in [7, 11) is 2.15. The molecule has 0 unspecified atom stereocenters. The normalized spacial score (nSPS) is 16.1. The van der Waals surface area contributed by atoms with E-state index in [4.69, 9.17) is 4.42 Å². The van der Waals surface area contributed by atoms with Crippen molar-refractivity contribution < 1.29 is 8.98 Å². The highest BCUT2D eigenvalue weighted by atomic mass is 16.3. The van der Waals surface area contributed by atoms with Gasteiger partial charge in [0, 0.05) is 28.5 Å². The van der Waals surface area contributed by atoms with E-state index in [1.165, 1.54) is 95.7 Å². The Morgan fingerprint density at radius 2 is 1.59 bits per heavy atom. The first-order valence-corrected chi connectivity index (χ1v) is 15.9. The van der Waals surface area contributed by atoms with Crippen molar-refractivity contribution in [1.29, 1.82) is 0 Å². The van der Waals surface area contributed by atoms with Gasteiger partial charge in [0.15, 0.2) is 6.20 Å². The summed E-state index contributed by atoms with van der Waals surface area (Å²) >= 11 is 0. The second-order valence-corrected chi connectivity index (χ2v) is 14.0. The maximum atomic E-state index is 6.99. The average Bonchev–Trinajstić information content (AvgIpc) is 3.59. The molecule has 7 rings (SSSR count). The van der Waals surface area contributed by atoms with E-state index in [0.29, 0.717) is 0 Å². The summed E-state index contributed by atoms with van der Waals surface area (Å²) in [5.74, 6) is 0.756. The lowest BCUT2D eigenvalue weighted by Crippen LogP contribution is -2.31. The van der Waals surface area contributed by atoms with E-state index >= 15 is 0 Å². The Hall–Kier alpha value is -3.39. The summed E-state index contributed by atoms with van der Waals surface area (Å²) in [6, 6.07) is 20.8. The summed E-state index contributed by atoms with van der Waals surface area (Å²) in [5, 5.41) is 2.43. The minimum atomic E-state index is 0.235. The number of benzene rings is 3. The lowest BCUT2D eigenvalue weighted by molar-refractivity contribution is -0.660. The number of aryl methyl sites for hydroxylation is 2. The number of rotatable bonds is 4. The highest BCUT2D eigenvalue weighted by Crippen LogP contribution is 2.45. The number of para-hydroxylation sites is 1. The summed E-state index contributed by atoms with van der Waals surface area (Å²) in [6.07, 6.45) is 13.8. The number of nitrogens with zero attached hydrogens (tertiary/aromatic N) is 1. The molecule has 41 heavy (non-hydrogen) atoms. The van der Waals surface area contributed by atoms with E-state index in [2.05, 4.69) is 100 Å². The van der Waals surface area contributed by atoms with Crippen LogP contribution in [0.15, 0.2) is 65.2 Å². The zero-order chi connectivity index (χ0) is 28.3. The molecule has 1 fully saturated rings. The van der Waals surface area contributed by atoms with Crippen LogP contribution in [0, 0.1) is 12.3 Å². The fourth-order valence-corrected chi connectivity index (χ4v) is 7.86. The van der Waals surface area contributed by atoms with Crippen LogP contribution >= 0.6 is 0 Å². The molecule has 0 N–H and O–H groups in total. The van der Waals surface area contributed by atoms with Crippen LogP contribution in [-0.2, 0) is 26.3 Å². The molecule has 2 aromatic heterocycles. The molecule has 0 spiro atoms. The number of hydrogen-bond acceptors (Lipinski definition) is 1. The van der Waals surface area contributed by atoms with Crippen LogP contribution in [-0.4, -0.2) is 0 Å². The molecule has 2 heterocycles. The zero-order valence-corrected chi connectivity index (χ0v) is 25.6. The molecule has 5 aromatic rings. The lowest BCUT2D eigenvalue weighted by Gasteiger charge is -2.25. The third-order valence-corrected chi connectivity index (χ3v) is 9.74. The minimum absolute atomic E-state index is 0.235. The maximum absolute atomic E-state index is 6.99. The Morgan fingerprint density at radius 1 is 0.805 bits per heavy atom. The highest BCUT2D eigenvalue weighted by molar-refractivity contribution is 6.13. The van der Waals surface area contributed by atoms with Gasteiger partial charge in [-0.15, -0.1) is 0 Å². The van der Waals surface area contributed by atoms with Gasteiger partial charge in [-0.25, -0.2) is 4.57 Å². The van der Waals surface area contributed by atoms with Gasteiger partial charge in [-0.05, 0) is 90.2 Å². The second-order valence-electron chi connectivity index (χ2n) is 14.0. The van der Waals surface area contributed by atoms with Gasteiger partial charge in [-0.3, -0.25) is 0 Å². The summed E-state index contributed by atoms with van der Waals surface area (Å²) in [4.78, 5) is 0. The molecule has 0 radical (unpaired) electrons. The Balaban J connectivity index is 1.41. The molecule has 210 valence electrons. The first kappa shape index (κ1) is 26.5. The van der Waals surface area contributed by atoms with Gasteiger partial charge in [0.2, 0.25) is 5.69 Å². The molecule has 2 nitrogen and oxygen atoms in total. The van der Waals surface area contributed by atoms with Gasteiger partial charge < -0.3 is 4.42 Å². The third kappa shape index (κ3) is 4.70. The number of pyridine rings is 1. The molecular weight excluding hydrogens is 498 g/mol. The Labute approximate surface area is 245 Å². The fraction of sp³-hybridized carbons (Fsp3) is 0.410. The summed E-state index contributed by atoms with van der Waals surface area (Å²) < 4.78 is 9.24. The van der Waals surface area contributed by atoms with Crippen molar-refractivity contribution >= 4 is 21.9 Å². The fourth-order valence-electron chi connectivity index (χ4n) is 7.86. The van der Waals surface area contributed by atoms with Gasteiger partial charge in [-0.2, -0.15) is 0 Å². The molecule has 0 amide bonds. The van der Waals surface area contributed by atoms with E-state index in [9.17, 15) is 0 Å². The van der Waals surface area contributed by atoms with Gasteiger partial charge in [0.25, 0.3) is 0 Å². The zero-order valence-electron chi connectivity index (χ0n) is 25.6. The van der Waals surface area contributed by atoms with Gasteiger partial charge >= 0.3 is 0 Å². The van der Waals surface area contributed by atoms with Crippen LogP contribution in [0.1, 0.15) is 93.0 Å². The molecular formula is C39H44NO+. The van der Waals surface area contributed by atoms with Crippen LogP contribution in [0.4, 0.5) is 0 Å². The van der Waals surface area contributed by atoms with E-state index in [-0.39, 0.29) is 5.41 Å². The number of aromatic nitrogens is 1. The topological polar surface area (TPSA) is 17.0 Å². The van der Waals surface area contributed by atoms with E-state index in [0.717, 1.165) is 23.5 Å². The smallest absolute Gasteiger partial charge is 0.216 e. The molecule has 3 aromatic carbocycles. The number of fused-ring (bicyclic) bond motifs is 4. The van der Waals surface area contributed by atoms with Crippen molar-refractivity contribution in [2.45, 2.75) is 91.4 Å². The Morgan fingerprint density at radius 3 is 2.39 bits per heavy atom. The molecule has 1 saturated carbocycles. The van der Waals surface area contributed by atoms with Crippen LogP contribution < -0.4 is 4.57 Å². The van der Waals surface area contributed by atoms with E-state index in [1.807, 2.05) is 0 Å². The van der Waals surface area contributed by atoms with E-state index < -0.39 is 0 Å². The molecule has 2 heteroatoms. The van der Waals surface area contributed by atoms with Crippen molar-refractivity contribution in [3.05, 3.63) is 88.6 Å². The van der Waals surface area contributed by atoms with Crippen molar-refractivity contribution in [2.75, 3.05) is 0 Å². The second kappa shape index (κ2) is 10.2. The first-order valence-electron chi connectivity index (χ1n) is 15.9. The largest absolute Gasteiger partial charge is 0.454 e. The SMILES string of the molecule is Cc1ccc2c(oc3c(-c4ccc(C5CCCCC5)c5c4CCC5)cccc32)c1-c1cc(CC(C)(C)C)cc[n+]1C. The Bertz CT molecular complexity index is 1770. The van der Waals surface area contributed by atoms with Crippen molar-refractivity contribution in [2.24, 2.45) is 12.5 Å². The molecule has 2 aliphatic carbocycles. The van der Waals surface area contributed by atoms with Crippen molar-refractivity contribution in [1.82, 2.24) is 0 Å². The average molecular weight is 543 g/mol. The third-order valence-electron chi connectivity index (χ3n) is 9.74.